The quantitative estimate of drug-likeness (QED) is 0.576. The summed E-state index contributed by atoms with van der Waals surface area (Å²) in [6.07, 6.45) is 13.6. The Morgan fingerprint density at radius 1 is 0.941 bits per heavy atom. The van der Waals surface area contributed by atoms with Crippen LogP contribution in [0.2, 0.25) is 0 Å². The summed E-state index contributed by atoms with van der Waals surface area (Å²) >= 11 is 0. The van der Waals surface area contributed by atoms with E-state index < -0.39 is 0 Å². The summed E-state index contributed by atoms with van der Waals surface area (Å²) in [7, 11) is 0. The van der Waals surface area contributed by atoms with Crippen LogP contribution in [0.4, 0.5) is 0 Å². The fourth-order valence-corrected chi connectivity index (χ4v) is 2.06. The van der Waals surface area contributed by atoms with E-state index in [1.807, 2.05) is 6.20 Å². The minimum Gasteiger partial charge on any atom is -0.249 e. The topological polar surface area (TPSA) is 30.7 Å². The van der Waals surface area contributed by atoms with Crippen LogP contribution < -0.4 is 0 Å². The zero-order valence-electron chi connectivity index (χ0n) is 11.5. The van der Waals surface area contributed by atoms with E-state index in [2.05, 4.69) is 28.8 Å². The van der Waals surface area contributed by atoms with Gasteiger partial charge < -0.3 is 0 Å². The zero-order valence-corrected chi connectivity index (χ0v) is 11.5. The van der Waals surface area contributed by atoms with Gasteiger partial charge in [-0.1, -0.05) is 57.6 Å². The van der Waals surface area contributed by atoms with Crippen molar-refractivity contribution in [2.75, 3.05) is 0 Å². The average molecular weight is 237 g/mol. The van der Waals surface area contributed by atoms with E-state index >= 15 is 0 Å². The zero-order chi connectivity index (χ0) is 12.3. The second kappa shape index (κ2) is 9.20. The van der Waals surface area contributed by atoms with Gasteiger partial charge >= 0.3 is 0 Å². The number of rotatable bonds is 10. The molecule has 3 nitrogen and oxygen atoms in total. The van der Waals surface area contributed by atoms with Crippen LogP contribution in [0.3, 0.4) is 0 Å². The molecule has 0 spiro atoms. The van der Waals surface area contributed by atoms with Crippen LogP contribution in [-0.4, -0.2) is 15.0 Å². The lowest BCUT2D eigenvalue weighted by molar-refractivity contribution is 0.522. The molecule has 1 aromatic heterocycles. The molecule has 98 valence electrons. The highest BCUT2D eigenvalue weighted by Gasteiger charge is 2.02. The van der Waals surface area contributed by atoms with Crippen LogP contribution in [0.15, 0.2) is 6.20 Å². The first kappa shape index (κ1) is 14.2. The van der Waals surface area contributed by atoms with Crippen molar-refractivity contribution >= 4 is 0 Å². The van der Waals surface area contributed by atoms with Crippen molar-refractivity contribution in [3.63, 3.8) is 0 Å². The summed E-state index contributed by atoms with van der Waals surface area (Å²) < 4.78 is 2.08. The number of unbranched alkanes of at least 4 members (excludes halogenated alkanes) is 6. The highest BCUT2D eigenvalue weighted by molar-refractivity contribution is 4.93. The Kier molecular flexibility index (Phi) is 7.69. The van der Waals surface area contributed by atoms with Crippen LogP contribution in [0.25, 0.3) is 0 Å². The van der Waals surface area contributed by atoms with Crippen molar-refractivity contribution in [2.45, 2.75) is 78.2 Å². The van der Waals surface area contributed by atoms with Gasteiger partial charge in [0.05, 0.1) is 11.9 Å². The van der Waals surface area contributed by atoms with Gasteiger partial charge in [0.15, 0.2) is 0 Å². The molecule has 0 aromatic carbocycles. The smallest absolute Gasteiger partial charge is 0.0725 e. The minimum absolute atomic E-state index is 1.03. The lowest BCUT2D eigenvalue weighted by atomic mass is 10.1. The molecule has 17 heavy (non-hydrogen) atoms. The normalized spacial score (nSPS) is 10.9. The van der Waals surface area contributed by atoms with Gasteiger partial charge in [-0.05, 0) is 19.3 Å². The standard InChI is InChI=1S/C14H27N3/c1-3-5-7-8-9-10-11-14-13-15-16-17(14)12-6-4-2/h13H,3-12H2,1-2H3. The molecule has 0 saturated heterocycles. The van der Waals surface area contributed by atoms with E-state index in [0.29, 0.717) is 0 Å². The largest absolute Gasteiger partial charge is 0.249 e. The van der Waals surface area contributed by atoms with E-state index in [0.717, 1.165) is 13.0 Å². The molecule has 3 heteroatoms. The van der Waals surface area contributed by atoms with E-state index in [1.165, 1.54) is 57.1 Å². The maximum absolute atomic E-state index is 4.15. The first-order chi connectivity index (χ1) is 8.38. The van der Waals surface area contributed by atoms with Gasteiger partial charge in [0.1, 0.15) is 0 Å². The van der Waals surface area contributed by atoms with Gasteiger partial charge in [-0.3, -0.25) is 0 Å². The fourth-order valence-electron chi connectivity index (χ4n) is 2.06. The number of nitrogens with zero attached hydrogens (tertiary/aromatic N) is 3. The molecule has 0 fully saturated rings. The summed E-state index contributed by atoms with van der Waals surface area (Å²) in [4.78, 5) is 0. The monoisotopic (exact) mass is 237 g/mol. The molecule has 1 rings (SSSR count). The second-order valence-corrected chi connectivity index (χ2v) is 4.82. The van der Waals surface area contributed by atoms with E-state index in [4.69, 9.17) is 0 Å². The number of aryl methyl sites for hydroxylation is 2. The molecule has 0 unspecified atom stereocenters. The number of hydrogen-bond donors (Lipinski definition) is 0. The maximum Gasteiger partial charge on any atom is 0.0725 e. The molecule has 1 heterocycles. The van der Waals surface area contributed by atoms with Crippen molar-refractivity contribution in [3.05, 3.63) is 11.9 Å². The minimum atomic E-state index is 1.03. The van der Waals surface area contributed by atoms with Crippen LogP contribution in [-0.2, 0) is 13.0 Å². The fraction of sp³-hybridized carbons (Fsp3) is 0.857. The van der Waals surface area contributed by atoms with Crippen LogP contribution in [0.5, 0.6) is 0 Å². The Labute approximate surface area is 106 Å². The molecule has 0 amide bonds. The summed E-state index contributed by atoms with van der Waals surface area (Å²) in [6.45, 7) is 5.50. The van der Waals surface area contributed by atoms with Crippen molar-refractivity contribution in [1.82, 2.24) is 15.0 Å². The van der Waals surface area contributed by atoms with Gasteiger partial charge in [-0.2, -0.15) is 0 Å². The van der Waals surface area contributed by atoms with E-state index in [9.17, 15) is 0 Å². The second-order valence-electron chi connectivity index (χ2n) is 4.82. The lowest BCUT2D eigenvalue weighted by Crippen LogP contribution is -2.05. The highest BCUT2D eigenvalue weighted by atomic mass is 15.4. The summed E-state index contributed by atoms with van der Waals surface area (Å²) in [5.41, 5.74) is 1.31. The Balaban J connectivity index is 2.15. The van der Waals surface area contributed by atoms with Gasteiger partial charge in [-0.25, -0.2) is 4.68 Å². The molecule has 0 N–H and O–H groups in total. The molecule has 0 radical (unpaired) electrons. The van der Waals surface area contributed by atoms with Gasteiger partial charge in [0.2, 0.25) is 0 Å². The Bertz CT molecular complexity index is 281. The number of aromatic nitrogens is 3. The first-order valence-electron chi connectivity index (χ1n) is 7.25. The molecule has 0 aliphatic carbocycles. The molecule has 0 saturated carbocycles. The van der Waals surface area contributed by atoms with Gasteiger partial charge in [-0.15, -0.1) is 5.10 Å². The summed E-state index contributed by atoms with van der Waals surface area (Å²) in [5.74, 6) is 0. The maximum atomic E-state index is 4.15. The summed E-state index contributed by atoms with van der Waals surface area (Å²) in [6, 6.07) is 0. The third-order valence-electron chi connectivity index (χ3n) is 3.21. The highest BCUT2D eigenvalue weighted by Crippen LogP contribution is 2.09. The van der Waals surface area contributed by atoms with Crippen molar-refractivity contribution in [2.24, 2.45) is 0 Å². The molecule has 0 atom stereocenters. The molecular formula is C14H27N3. The molecule has 0 bridgehead atoms. The predicted octanol–water partition coefficient (Wildman–Crippen LogP) is 3.98. The average Bonchev–Trinajstić information content (AvgIpc) is 2.78. The SMILES string of the molecule is CCCCCCCCc1cnnn1CCCC. The van der Waals surface area contributed by atoms with E-state index in [1.54, 1.807) is 0 Å². The van der Waals surface area contributed by atoms with Gasteiger partial charge in [0, 0.05) is 6.54 Å². The molecule has 0 aliphatic rings. The summed E-state index contributed by atoms with van der Waals surface area (Å²) in [5, 5.41) is 8.17. The van der Waals surface area contributed by atoms with Crippen LogP contribution >= 0.6 is 0 Å². The third kappa shape index (κ3) is 5.85. The van der Waals surface area contributed by atoms with Gasteiger partial charge in [0.25, 0.3) is 0 Å². The van der Waals surface area contributed by atoms with Crippen molar-refractivity contribution in [1.29, 1.82) is 0 Å². The lowest BCUT2D eigenvalue weighted by Gasteiger charge is -2.05. The molecule has 0 aliphatic heterocycles. The Morgan fingerprint density at radius 3 is 2.41 bits per heavy atom. The van der Waals surface area contributed by atoms with Crippen LogP contribution in [0, 0.1) is 0 Å². The Hall–Kier alpha value is -0.860. The first-order valence-corrected chi connectivity index (χ1v) is 7.25. The van der Waals surface area contributed by atoms with Crippen LogP contribution in [0.1, 0.15) is 70.9 Å². The predicted molar refractivity (Wildman–Crippen MR) is 72.0 cm³/mol. The van der Waals surface area contributed by atoms with E-state index in [-0.39, 0.29) is 0 Å². The van der Waals surface area contributed by atoms with Crippen molar-refractivity contribution in [3.8, 4) is 0 Å². The number of hydrogen-bond acceptors (Lipinski definition) is 2. The Morgan fingerprint density at radius 2 is 1.65 bits per heavy atom. The third-order valence-corrected chi connectivity index (χ3v) is 3.21. The van der Waals surface area contributed by atoms with Crippen molar-refractivity contribution < 1.29 is 0 Å². The molecule has 1 aromatic rings. The molecular weight excluding hydrogens is 210 g/mol.